The molecule has 0 fully saturated rings. The van der Waals surface area contributed by atoms with Crippen molar-refractivity contribution < 1.29 is 9.53 Å². The number of ether oxygens (including phenoxy) is 1. The molecule has 0 radical (unpaired) electrons. The highest BCUT2D eigenvalue weighted by atomic mass is 35.5. The van der Waals surface area contributed by atoms with Crippen molar-refractivity contribution in [3.05, 3.63) is 33.8 Å². The molecule has 0 aliphatic rings. The van der Waals surface area contributed by atoms with Gasteiger partial charge in [-0.3, -0.25) is 4.79 Å². The molecular formula is C12H13Cl2NO2. The van der Waals surface area contributed by atoms with Crippen LogP contribution >= 0.6 is 23.2 Å². The third-order valence-electron chi connectivity index (χ3n) is 1.48. The predicted octanol–water partition coefficient (Wildman–Crippen LogP) is 3.82. The van der Waals surface area contributed by atoms with E-state index in [0.29, 0.717) is 22.1 Å². The molecule has 0 aliphatic heterocycles. The highest BCUT2D eigenvalue weighted by molar-refractivity contribution is 6.36. The third-order valence-corrected chi connectivity index (χ3v) is 2.11. The van der Waals surface area contributed by atoms with E-state index >= 15 is 0 Å². The largest absolute Gasteiger partial charge is 0.462 e. The van der Waals surface area contributed by atoms with Gasteiger partial charge in [-0.05, 0) is 32.9 Å². The van der Waals surface area contributed by atoms with Crippen LogP contribution in [0.5, 0.6) is 0 Å². The molecule has 0 saturated carbocycles. The van der Waals surface area contributed by atoms with Gasteiger partial charge in [0.2, 0.25) is 0 Å². The Bertz CT molecular complexity index is 399. The van der Waals surface area contributed by atoms with Gasteiger partial charge in [-0.15, -0.1) is 0 Å². The summed E-state index contributed by atoms with van der Waals surface area (Å²) in [5.74, 6) is 0. The van der Waals surface area contributed by atoms with Crippen LogP contribution in [0.4, 0.5) is 0 Å². The second-order valence-electron chi connectivity index (χ2n) is 4.03. The maximum absolute atomic E-state index is 9.60. The van der Waals surface area contributed by atoms with E-state index in [1.165, 1.54) is 0 Å². The highest BCUT2D eigenvalue weighted by Crippen LogP contribution is 2.22. The number of benzene rings is 1. The zero-order chi connectivity index (χ0) is 13.5. The molecule has 0 spiro atoms. The zero-order valence-electron chi connectivity index (χ0n) is 9.83. The van der Waals surface area contributed by atoms with Gasteiger partial charge in [0.15, 0.2) is 0 Å². The third kappa shape index (κ3) is 6.83. The fraction of sp³-hybridized carbons (Fsp3) is 0.333. The summed E-state index contributed by atoms with van der Waals surface area (Å²) >= 11 is 11.2. The number of hydrogen-bond donors (Lipinski definition) is 0. The van der Waals surface area contributed by atoms with Crippen molar-refractivity contribution in [1.29, 1.82) is 5.26 Å². The van der Waals surface area contributed by atoms with Crippen molar-refractivity contribution in [1.82, 2.24) is 0 Å². The minimum absolute atomic E-state index is 0.318. The lowest BCUT2D eigenvalue weighted by Crippen LogP contribution is -2.17. The minimum atomic E-state index is -0.318. The first-order valence-corrected chi connectivity index (χ1v) is 5.53. The number of halogens is 2. The average Bonchev–Trinajstić information content (AvgIpc) is 2.17. The second kappa shape index (κ2) is 7.16. The van der Waals surface area contributed by atoms with E-state index < -0.39 is 0 Å². The molecule has 0 aliphatic carbocycles. The van der Waals surface area contributed by atoms with Gasteiger partial charge in [0.05, 0.1) is 15.6 Å². The highest BCUT2D eigenvalue weighted by Gasteiger charge is 2.07. The van der Waals surface area contributed by atoms with Crippen LogP contribution in [0, 0.1) is 11.3 Å². The lowest BCUT2D eigenvalue weighted by molar-refractivity contribution is -0.138. The second-order valence-corrected chi connectivity index (χ2v) is 4.85. The van der Waals surface area contributed by atoms with Crippen LogP contribution < -0.4 is 0 Å². The average molecular weight is 274 g/mol. The van der Waals surface area contributed by atoms with Crippen LogP contribution in [0.15, 0.2) is 18.2 Å². The van der Waals surface area contributed by atoms with Gasteiger partial charge >= 0.3 is 0 Å². The smallest absolute Gasteiger partial charge is 0.293 e. The van der Waals surface area contributed by atoms with E-state index in [-0.39, 0.29) is 5.60 Å². The molecule has 5 heteroatoms. The van der Waals surface area contributed by atoms with Crippen LogP contribution in [0.25, 0.3) is 0 Å². The Morgan fingerprint density at radius 1 is 1.29 bits per heavy atom. The maximum Gasteiger partial charge on any atom is 0.293 e. The Hall–Kier alpha value is -1.24. The van der Waals surface area contributed by atoms with Gasteiger partial charge in [0.25, 0.3) is 6.47 Å². The lowest BCUT2D eigenvalue weighted by atomic mass is 10.2. The van der Waals surface area contributed by atoms with Gasteiger partial charge in [0, 0.05) is 0 Å². The summed E-state index contributed by atoms with van der Waals surface area (Å²) in [5, 5.41) is 9.28. The Morgan fingerprint density at radius 3 is 1.94 bits per heavy atom. The van der Waals surface area contributed by atoms with Crippen LogP contribution in [0.3, 0.4) is 0 Å². The monoisotopic (exact) mass is 273 g/mol. The van der Waals surface area contributed by atoms with Crippen molar-refractivity contribution in [2.45, 2.75) is 26.4 Å². The van der Waals surface area contributed by atoms with E-state index in [1.54, 1.807) is 18.2 Å². The number of carbonyl (C=O) groups is 1. The molecule has 0 bridgehead atoms. The Kier molecular flexibility index (Phi) is 6.64. The Balaban J connectivity index is 0.000000325. The van der Waals surface area contributed by atoms with Gasteiger partial charge < -0.3 is 4.74 Å². The van der Waals surface area contributed by atoms with E-state index in [9.17, 15) is 4.79 Å². The van der Waals surface area contributed by atoms with E-state index in [1.807, 2.05) is 26.8 Å². The van der Waals surface area contributed by atoms with Crippen LogP contribution in [-0.2, 0) is 9.53 Å². The summed E-state index contributed by atoms with van der Waals surface area (Å²) in [6.45, 7) is 5.92. The summed E-state index contributed by atoms with van der Waals surface area (Å²) in [6.07, 6.45) is 0. The predicted molar refractivity (Wildman–Crippen MR) is 68.1 cm³/mol. The van der Waals surface area contributed by atoms with Crippen LogP contribution in [0.1, 0.15) is 26.3 Å². The number of hydrogen-bond acceptors (Lipinski definition) is 3. The van der Waals surface area contributed by atoms with Crippen LogP contribution in [-0.4, -0.2) is 12.1 Å². The molecule has 1 rings (SSSR count). The quantitative estimate of drug-likeness (QED) is 0.731. The summed E-state index contributed by atoms with van der Waals surface area (Å²) < 4.78 is 4.55. The molecule has 3 nitrogen and oxygen atoms in total. The molecular weight excluding hydrogens is 261 g/mol. The molecule has 1 aromatic carbocycles. The van der Waals surface area contributed by atoms with Crippen LogP contribution in [0.2, 0.25) is 10.0 Å². The summed E-state index contributed by atoms with van der Waals surface area (Å²) in [4.78, 5) is 9.60. The Morgan fingerprint density at radius 2 is 1.76 bits per heavy atom. The molecule has 0 unspecified atom stereocenters. The van der Waals surface area contributed by atoms with E-state index in [4.69, 9.17) is 28.5 Å². The standard InChI is InChI=1S/C7H3Cl2N.C5H10O2/c8-6-2-1-3-7(9)5(6)4-10;1-5(2,3)7-4-6/h1-3H;4H,1-3H3. The summed E-state index contributed by atoms with van der Waals surface area (Å²) in [5.41, 5.74) is 0.0210. The van der Waals surface area contributed by atoms with Gasteiger partial charge in [-0.25, -0.2) is 0 Å². The number of rotatable bonds is 1. The summed E-state index contributed by atoms with van der Waals surface area (Å²) in [7, 11) is 0. The van der Waals surface area contributed by atoms with Crippen molar-refractivity contribution in [2.75, 3.05) is 0 Å². The Labute approximate surface area is 111 Å². The minimum Gasteiger partial charge on any atom is -0.462 e. The molecule has 0 amide bonds. The molecule has 0 heterocycles. The lowest BCUT2D eigenvalue weighted by Gasteiger charge is -2.14. The van der Waals surface area contributed by atoms with E-state index in [0.717, 1.165) is 0 Å². The van der Waals surface area contributed by atoms with Crippen molar-refractivity contribution in [2.24, 2.45) is 0 Å². The molecule has 0 aromatic heterocycles. The first-order chi connectivity index (χ1) is 7.81. The zero-order valence-corrected chi connectivity index (χ0v) is 11.3. The number of nitriles is 1. The molecule has 0 atom stereocenters. The molecule has 1 aromatic rings. The topological polar surface area (TPSA) is 50.1 Å². The van der Waals surface area contributed by atoms with Gasteiger partial charge in [0.1, 0.15) is 11.7 Å². The molecule has 92 valence electrons. The first kappa shape index (κ1) is 15.8. The normalized spacial score (nSPS) is 9.65. The maximum atomic E-state index is 9.60. The summed E-state index contributed by atoms with van der Waals surface area (Å²) in [6, 6.07) is 6.86. The molecule has 0 saturated heterocycles. The number of nitrogens with zero attached hydrogens (tertiary/aromatic N) is 1. The van der Waals surface area contributed by atoms with Crippen molar-refractivity contribution in [3.63, 3.8) is 0 Å². The fourth-order valence-corrected chi connectivity index (χ4v) is 1.23. The number of carbonyl (C=O) groups excluding carboxylic acids is 1. The van der Waals surface area contributed by atoms with Crippen molar-refractivity contribution in [3.8, 4) is 6.07 Å². The van der Waals surface area contributed by atoms with Gasteiger partial charge in [-0.1, -0.05) is 29.3 Å². The first-order valence-electron chi connectivity index (χ1n) is 4.77. The molecule has 17 heavy (non-hydrogen) atoms. The van der Waals surface area contributed by atoms with Crippen molar-refractivity contribution >= 4 is 29.7 Å². The SMILES string of the molecule is CC(C)(C)OC=O.N#Cc1c(Cl)cccc1Cl. The fourth-order valence-electron chi connectivity index (χ4n) is 0.749. The van der Waals surface area contributed by atoms with E-state index in [2.05, 4.69) is 4.74 Å². The molecule has 0 N–H and O–H groups in total. The van der Waals surface area contributed by atoms with Gasteiger partial charge in [-0.2, -0.15) is 5.26 Å².